The first-order valence-electron chi connectivity index (χ1n) is 10.4. The summed E-state index contributed by atoms with van der Waals surface area (Å²) in [6.45, 7) is 1.21. The molecule has 0 bridgehead atoms. The largest absolute Gasteiger partial charge is 0.496 e. The average Bonchev–Trinajstić information content (AvgIpc) is 3.42. The van der Waals surface area contributed by atoms with E-state index in [1.807, 2.05) is 40.9 Å². The van der Waals surface area contributed by atoms with Crippen molar-refractivity contribution in [1.82, 2.24) is 24.8 Å². The lowest BCUT2D eigenvalue weighted by Gasteiger charge is -2.27. The molecule has 1 saturated carbocycles. The lowest BCUT2D eigenvalue weighted by Crippen LogP contribution is -2.36. The number of benzene rings is 1. The third kappa shape index (κ3) is 3.46. The van der Waals surface area contributed by atoms with Crippen LogP contribution in [0.15, 0.2) is 28.8 Å². The van der Waals surface area contributed by atoms with Gasteiger partial charge in [0.15, 0.2) is 11.5 Å². The minimum atomic E-state index is 0.130. The van der Waals surface area contributed by atoms with Gasteiger partial charge in [0, 0.05) is 50.2 Å². The Kier molecular flexibility index (Phi) is 4.77. The summed E-state index contributed by atoms with van der Waals surface area (Å²) < 4.78 is 12.8. The molecule has 1 aliphatic heterocycles. The molecule has 1 aromatic carbocycles. The molecular formula is C22H25N5O3. The predicted octanol–water partition coefficient (Wildman–Crippen LogP) is 2.87. The van der Waals surface area contributed by atoms with Crippen LogP contribution in [0.5, 0.6) is 5.75 Å². The molecule has 0 atom stereocenters. The maximum atomic E-state index is 12.9. The molecule has 8 nitrogen and oxygen atoms in total. The highest BCUT2D eigenvalue weighted by atomic mass is 16.5. The number of ether oxygens (including phenoxy) is 1. The highest BCUT2D eigenvalue weighted by Crippen LogP contribution is 2.39. The van der Waals surface area contributed by atoms with Gasteiger partial charge in [-0.15, -0.1) is 0 Å². The van der Waals surface area contributed by atoms with Crippen LogP contribution >= 0.6 is 0 Å². The third-order valence-corrected chi connectivity index (χ3v) is 5.98. The number of fused-ring (bicyclic) bond motifs is 1. The molecule has 0 N–H and O–H groups in total. The van der Waals surface area contributed by atoms with E-state index in [0.29, 0.717) is 43.4 Å². The highest BCUT2D eigenvalue weighted by Gasteiger charge is 2.32. The highest BCUT2D eigenvalue weighted by molar-refractivity contribution is 5.77. The van der Waals surface area contributed by atoms with E-state index in [-0.39, 0.29) is 5.91 Å². The molecular weight excluding hydrogens is 382 g/mol. The van der Waals surface area contributed by atoms with Crippen molar-refractivity contribution in [2.75, 3.05) is 13.7 Å². The normalized spacial score (nSPS) is 15.9. The maximum absolute atomic E-state index is 12.9. The molecule has 3 aromatic rings. The Labute approximate surface area is 174 Å². The second-order valence-electron chi connectivity index (χ2n) is 8.01. The van der Waals surface area contributed by atoms with E-state index in [1.165, 1.54) is 0 Å². The van der Waals surface area contributed by atoms with Crippen LogP contribution in [0.1, 0.15) is 47.8 Å². The van der Waals surface area contributed by atoms with Crippen molar-refractivity contribution in [3.8, 4) is 17.3 Å². The number of methoxy groups -OCH3 is 1. The first-order valence-corrected chi connectivity index (χ1v) is 10.4. The molecule has 1 amide bonds. The zero-order valence-electron chi connectivity index (χ0n) is 17.3. The van der Waals surface area contributed by atoms with Gasteiger partial charge in [-0.1, -0.05) is 23.4 Å². The topological polar surface area (TPSA) is 86.3 Å². The number of hydrogen-bond acceptors (Lipinski definition) is 6. The van der Waals surface area contributed by atoms with Gasteiger partial charge >= 0.3 is 0 Å². The standard InChI is InChI=1S/C22H25N5O3/c1-26-17-11-12-27(19(28)10-9-14-5-3-4-6-18(14)29-2)13-16(17)20(24-26)22-23-21(25-30-22)15-7-8-15/h3-6,15H,7-13H2,1-2H3. The Morgan fingerprint density at radius 1 is 1.30 bits per heavy atom. The molecule has 30 heavy (non-hydrogen) atoms. The number of carbonyl (C=O) groups is 1. The molecule has 0 unspecified atom stereocenters. The molecule has 0 radical (unpaired) electrons. The van der Waals surface area contributed by atoms with Gasteiger partial charge in [0.2, 0.25) is 5.91 Å². The predicted molar refractivity (Wildman–Crippen MR) is 109 cm³/mol. The Morgan fingerprint density at radius 2 is 2.13 bits per heavy atom. The van der Waals surface area contributed by atoms with E-state index in [9.17, 15) is 4.79 Å². The van der Waals surface area contributed by atoms with Gasteiger partial charge in [0.1, 0.15) is 5.75 Å². The van der Waals surface area contributed by atoms with Gasteiger partial charge in [-0.05, 0) is 30.9 Å². The molecule has 2 aliphatic rings. The third-order valence-electron chi connectivity index (χ3n) is 5.98. The van der Waals surface area contributed by atoms with Crippen molar-refractivity contribution in [2.45, 2.75) is 44.6 Å². The van der Waals surface area contributed by atoms with Crippen LogP contribution in [0.25, 0.3) is 11.6 Å². The molecule has 8 heteroatoms. The second-order valence-corrected chi connectivity index (χ2v) is 8.01. The van der Waals surface area contributed by atoms with Crippen molar-refractivity contribution >= 4 is 5.91 Å². The molecule has 5 rings (SSSR count). The Bertz CT molecular complexity index is 1080. The van der Waals surface area contributed by atoms with Crippen molar-refractivity contribution in [2.24, 2.45) is 7.05 Å². The quantitative estimate of drug-likeness (QED) is 0.625. The molecule has 3 heterocycles. The summed E-state index contributed by atoms with van der Waals surface area (Å²) in [4.78, 5) is 19.4. The van der Waals surface area contributed by atoms with Crippen LogP contribution < -0.4 is 4.74 Å². The van der Waals surface area contributed by atoms with E-state index in [2.05, 4.69) is 15.2 Å². The lowest BCUT2D eigenvalue weighted by atomic mass is 10.0. The maximum Gasteiger partial charge on any atom is 0.278 e. The first kappa shape index (κ1) is 18.8. The fourth-order valence-electron chi connectivity index (χ4n) is 4.12. The molecule has 2 aromatic heterocycles. The van der Waals surface area contributed by atoms with Gasteiger partial charge < -0.3 is 14.2 Å². The average molecular weight is 407 g/mol. The summed E-state index contributed by atoms with van der Waals surface area (Å²) in [7, 11) is 3.59. The van der Waals surface area contributed by atoms with Crippen LogP contribution in [0.4, 0.5) is 0 Å². The monoisotopic (exact) mass is 407 g/mol. The number of nitrogens with zero attached hydrogens (tertiary/aromatic N) is 5. The van der Waals surface area contributed by atoms with Crippen molar-refractivity contribution in [1.29, 1.82) is 0 Å². The van der Waals surface area contributed by atoms with E-state index in [4.69, 9.17) is 9.26 Å². The minimum absolute atomic E-state index is 0.130. The van der Waals surface area contributed by atoms with Gasteiger partial charge in [-0.3, -0.25) is 9.48 Å². The minimum Gasteiger partial charge on any atom is -0.496 e. The van der Waals surface area contributed by atoms with E-state index in [0.717, 1.165) is 47.7 Å². The SMILES string of the molecule is COc1ccccc1CCC(=O)N1CCc2c(c(-c3nc(C4CC4)no3)nn2C)C1. The molecule has 0 spiro atoms. The molecule has 0 saturated heterocycles. The summed E-state index contributed by atoms with van der Waals surface area (Å²) in [5.41, 5.74) is 3.89. The van der Waals surface area contributed by atoms with Gasteiger partial charge in [0.05, 0.1) is 7.11 Å². The Morgan fingerprint density at radius 3 is 2.93 bits per heavy atom. The van der Waals surface area contributed by atoms with Gasteiger partial charge in [0.25, 0.3) is 5.89 Å². The number of aryl methyl sites for hydroxylation is 2. The summed E-state index contributed by atoms with van der Waals surface area (Å²) in [5.74, 6) is 2.60. The fraction of sp³-hybridized carbons (Fsp3) is 0.455. The first-order chi connectivity index (χ1) is 14.6. The van der Waals surface area contributed by atoms with Crippen LogP contribution in [-0.4, -0.2) is 44.4 Å². The van der Waals surface area contributed by atoms with E-state index < -0.39 is 0 Å². The summed E-state index contributed by atoms with van der Waals surface area (Å²) >= 11 is 0. The van der Waals surface area contributed by atoms with Gasteiger partial charge in [-0.25, -0.2) is 0 Å². The fourth-order valence-corrected chi connectivity index (χ4v) is 4.12. The summed E-state index contributed by atoms with van der Waals surface area (Å²) in [6, 6.07) is 7.84. The molecule has 156 valence electrons. The van der Waals surface area contributed by atoms with Crippen LogP contribution in [-0.2, 0) is 31.2 Å². The second kappa shape index (κ2) is 7.59. The number of aromatic nitrogens is 4. The van der Waals surface area contributed by atoms with Crippen molar-refractivity contribution in [3.05, 3.63) is 46.9 Å². The number of amides is 1. The molecule has 1 aliphatic carbocycles. The van der Waals surface area contributed by atoms with E-state index >= 15 is 0 Å². The van der Waals surface area contributed by atoms with Crippen molar-refractivity contribution < 1.29 is 14.1 Å². The Hall–Kier alpha value is -3.16. The zero-order valence-corrected chi connectivity index (χ0v) is 17.3. The number of para-hydroxylation sites is 1. The van der Waals surface area contributed by atoms with Gasteiger partial charge in [-0.2, -0.15) is 10.1 Å². The number of hydrogen-bond donors (Lipinski definition) is 0. The smallest absolute Gasteiger partial charge is 0.278 e. The van der Waals surface area contributed by atoms with Crippen LogP contribution in [0.2, 0.25) is 0 Å². The number of carbonyl (C=O) groups excluding carboxylic acids is 1. The number of rotatable bonds is 6. The lowest BCUT2D eigenvalue weighted by molar-refractivity contribution is -0.132. The Balaban J connectivity index is 1.32. The summed E-state index contributed by atoms with van der Waals surface area (Å²) in [5, 5.41) is 8.75. The molecule has 1 fully saturated rings. The van der Waals surface area contributed by atoms with Crippen LogP contribution in [0.3, 0.4) is 0 Å². The van der Waals surface area contributed by atoms with Crippen molar-refractivity contribution in [3.63, 3.8) is 0 Å². The van der Waals surface area contributed by atoms with E-state index in [1.54, 1.807) is 7.11 Å². The van der Waals surface area contributed by atoms with Crippen LogP contribution in [0, 0.1) is 0 Å². The summed E-state index contributed by atoms with van der Waals surface area (Å²) in [6.07, 6.45) is 4.10. The zero-order chi connectivity index (χ0) is 20.7.